The van der Waals surface area contributed by atoms with Crippen molar-refractivity contribution >= 4 is 27.6 Å². The fourth-order valence-corrected chi connectivity index (χ4v) is 2.83. The van der Waals surface area contributed by atoms with E-state index in [2.05, 4.69) is 36.6 Å². The second kappa shape index (κ2) is 7.13. The van der Waals surface area contributed by atoms with Gasteiger partial charge in [0.25, 0.3) is 0 Å². The Labute approximate surface area is 158 Å². The van der Waals surface area contributed by atoms with Crippen molar-refractivity contribution in [2.24, 2.45) is 0 Å². The Kier molecular flexibility index (Phi) is 4.53. The fraction of sp³-hybridized carbons (Fsp3) is 0.105. The number of nitrogens with zero attached hydrogens (tertiary/aromatic N) is 3. The number of nitrogens with one attached hydrogen (secondary N) is 1. The number of hydrogen-bond donors (Lipinski definition) is 1. The van der Waals surface area contributed by atoms with Crippen molar-refractivity contribution in [3.05, 3.63) is 76.2 Å². The lowest BCUT2D eigenvalue weighted by Gasteiger charge is -2.03. The van der Waals surface area contributed by atoms with Crippen molar-refractivity contribution in [2.75, 3.05) is 5.32 Å². The molecule has 7 heteroatoms. The van der Waals surface area contributed by atoms with Crippen LogP contribution in [-0.2, 0) is 6.42 Å². The Morgan fingerprint density at radius 3 is 2.54 bits per heavy atom. The smallest absolute Gasteiger partial charge is 0.320 e. The highest BCUT2D eigenvalue weighted by Gasteiger charge is 2.18. The zero-order chi connectivity index (χ0) is 17.9. The highest BCUT2D eigenvalue weighted by atomic mass is 79.9. The average molecular weight is 411 g/mol. The van der Waals surface area contributed by atoms with Gasteiger partial charge >= 0.3 is 6.01 Å². The molecule has 4 aromatic rings. The topological polar surface area (TPSA) is 77.0 Å². The van der Waals surface area contributed by atoms with Crippen molar-refractivity contribution in [1.29, 1.82) is 0 Å². The van der Waals surface area contributed by atoms with Crippen LogP contribution in [0.5, 0.6) is 0 Å². The first kappa shape index (κ1) is 16.5. The van der Waals surface area contributed by atoms with E-state index >= 15 is 0 Å². The summed E-state index contributed by atoms with van der Waals surface area (Å²) >= 11 is 3.43. The molecular weight excluding hydrogens is 396 g/mol. The van der Waals surface area contributed by atoms with Crippen molar-refractivity contribution in [3.8, 4) is 11.3 Å². The van der Waals surface area contributed by atoms with Crippen LogP contribution in [0.4, 0.5) is 11.7 Å². The van der Waals surface area contributed by atoms with Gasteiger partial charge in [0.1, 0.15) is 11.4 Å². The molecule has 2 aromatic carbocycles. The van der Waals surface area contributed by atoms with E-state index in [1.54, 1.807) is 0 Å². The molecule has 0 saturated heterocycles. The molecule has 0 unspecified atom stereocenters. The summed E-state index contributed by atoms with van der Waals surface area (Å²) in [6.45, 7) is 1.86. The lowest BCUT2D eigenvalue weighted by molar-refractivity contribution is 0.427. The van der Waals surface area contributed by atoms with E-state index in [9.17, 15) is 0 Å². The van der Waals surface area contributed by atoms with E-state index in [1.807, 2.05) is 61.5 Å². The van der Waals surface area contributed by atoms with Crippen LogP contribution in [0.1, 0.15) is 17.1 Å². The molecule has 0 fully saturated rings. The van der Waals surface area contributed by atoms with Gasteiger partial charge in [0, 0.05) is 10.0 Å². The predicted octanol–water partition coefficient (Wildman–Crippen LogP) is 5.13. The summed E-state index contributed by atoms with van der Waals surface area (Å²) in [5, 5.41) is 15.4. The van der Waals surface area contributed by atoms with E-state index in [0.717, 1.165) is 15.6 Å². The molecule has 6 nitrogen and oxygen atoms in total. The summed E-state index contributed by atoms with van der Waals surface area (Å²) in [6.07, 6.45) is 0.581. The molecule has 130 valence electrons. The fourth-order valence-electron chi connectivity index (χ4n) is 2.57. The van der Waals surface area contributed by atoms with Crippen LogP contribution in [0.25, 0.3) is 11.3 Å². The van der Waals surface area contributed by atoms with Gasteiger partial charge in [-0.15, -0.1) is 5.10 Å². The van der Waals surface area contributed by atoms with Crippen LogP contribution in [-0.4, -0.2) is 15.4 Å². The maximum atomic E-state index is 5.72. The number of anilines is 2. The Bertz CT molecular complexity index is 1010. The first-order chi connectivity index (χ1) is 12.7. The van der Waals surface area contributed by atoms with Gasteiger partial charge in [-0.05, 0) is 36.8 Å². The highest BCUT2D eigenvalue weighted by molar-refractivity contribution is 9.10. The van der Waals surface area contributed by atoms with E-state index < -0.39 is 0 Å². The molecule has 1 N–H and O–H groups in total. The molecule has 2 heterocycles. The molecule has 0 aliphatic carbocycles. The molecule has 0 bridgehead atoms. The van der Waals surface area contributed by atoms with Gasteiger partial charge in [-0.25, -0.2) is 0 Å². The molecule has 0 aliphatic heterocycles. The van der Waals surface area contributed by atoms with Gasteiger partial charge in [0.05, 0.1) is 6.42 Å². The monoisotopic (exact) mass is 410 g/mol. The normalized spacial score (nSPS) is 10.8. The van der Waals surface area contributed by atoms with Crippen LogP contribution in [0.15, 0.2) is 68.0 Å². The lowest BCUT2D eigenvalue weighted by atomic mass is 10.1. The van der Waals surface area contributed by atoms with Gasteiger partial charge < -0.3 is 14.3 Å². The number of benzene rings is 2. The summed E-state index contributed by atoms with van der Waals surface area (Å²) in [5.41, 5.74) is 3.44. The summed E-state index contributed by atoms with van der Waals surface area (Å²) in [7, 11) is 0. The first-order valence-corrected chi connectivity index (χ1v) is 8.84. The number of halogens is 1. The van der Waals surface area contributed by atoms with E-state index in [0.29, 0.717) is 35.5 Å². The Balaban J connectivity index is 1.56. The van der Waals surface area contributed by atoms with Crippen molar-refractivity contribution in [1.82, 2.24) is 15.4 Å². The van der Waals surface area contributed by atoms with Gasteiger partial charge in [-0.3, -0.25) is 0 Å². The molecule has 2 aromatic heterocycles. The van der Waals surface area contributed by atoms with Crippen LogP contribution >= 0.6 is 15.9 Å². The second-order valence-electron chi connectivity index (χ2n) is 5.77. The quantitative estimate of drug-likeness (QED) is 0.491. The Morgan fingerprint density at radius 1 is 1.00 bits per heavy atom. The summed E-state index contributed by atoms with van der Waals surface area (Å²) in [6, 6.07) is 18.1. The number of aromatic nitrogens is 3. The SMILES string of the molecule is Cc1noc(-c2ccc(Br)cc2)c1Nc1nnc(Cc2ccccc2)o1. The van der Waals surface area contributed by atoms with Crippen molar-refractivity contribution < 1.29 is 8.94 Å². The number of rotatable bonds is 5. The maximum absolute atomic E-state index is 5.72. The molecule has 0 spiro atoms. The minimum atomic E-state index is 0.306. The lowest BCUT2D eigenvalue weighted by Crippen LogP contribution is -1.93. The third-order valence-corrected chi connectivity index (χ3v) is 4.39. The van der Waals surface area contributed by atoms with E-state index in [-0.39, 0.29) is 0 Å². The second-order valence-corrected chi connectivity index (χ2v) is 6.68. The molecule has 26 heavy (non-hydrogen) atoms. The molecule has 0 radical (unpaired) electrons. The van der Waals surface area contributed by atoms with Crippen LogP contribution in [0.3, 0.4) is 0 Å². The standard InChI is InChI=1S/C19H15BrN4O2/c1-12-17(18(26-24-12)14-7-9-15(20)10-8-14)21-19-23-22-16(25-19)11-13-5-3-2-4-6-13/h2-10H,11H2,1H3,(H,21,23). The zero-order valence-electron chi connectivity index (χ0n) is 13.9. The third kappa shape index (κ3) is 3.52. The zero-order valence-corrected chi connectivity index (χ0v) is 15.5. The molecule has 0 saturated carbocycles. The van der Waals surface area contributed by atoms with E-state index in [4.69, 9.17) is 8.94 Å². The minimum absolute atomic E-state index is 0.306. The maximum Gasteiger partial charge on any atom is 0.320 e. The molecule has 4 rings (SSSR count). The van der Waals surface area contributed by atoms with E-state index in [1.165, 1.54) is 0 Å². The van der Waals surface area contributed by atoms with Gasteiger partial charge in [-0.1, -0.05) is 56.5 Å². The first-order valence-electron chi connectivity index (χ1n) is 8.04. The third-order valence-electron chi connectivity index (χ3n) is 3.87. The van der Waals surface area contributed by atoms with Crippen molar-refractivity contribution in [2.45, 2.75) is 13.3 Å². The largest absolute Gasteiger partial charge is 0.408 e. The van der Waals surface area contributed by atoms with Crippen molar-refractivity contribution in [3.63, 3.8) is 0 Å². The predicted molar refractivity (Wildman–Crippen MR) is 101 cm³/mol. The Hall–Kier alpha value is -2.93. The summed E-state index contributed by atoms with van der Waals surface area (Å²) < 4.78 is 12.2. The van der Waals surface area contributed by atoms with Crippen LogP contribution < -0.4 is 5.32 Å². The Morgan fingerprint density at radius 2 is 1.77 bits per heavy atom. The number of aryl methyl sites for hydroxylation is 1. The molecule has 0 atom stereocenters. The highest BCUT2D eigenvalue weighted by Crippen LogP contribution is 2.33. The van der Waals surface area contributed by atoms with Gasteiger partial charge in [-0.2, -0.15) is 0 Å². The van der Waals surface area contributed by atoms with Crippen LogP contribution in [0, 0.1) is 6.92 Å². The average Bonchev–Trinajstić information content (AvgIpc) is 3.24. The summed E-state index contributed by atoms with van der Waals surface area (Å²) in [5.74, 6) is 1.16. The molecule has 0 aliphatic rings. The molecular formula is C19H15BrN4O2. The minimum Gasteiger partial charge on any atom is -0.408 e. The molecule has 0 amide bonds. The van der Waals surface area contributed by atoms with Gasteiger partial charge in [0.15, 0.2) is 5.76 Å². The number of hydrogen-bond acceptors (Lipinski definition) is 6. The summed E-state index contributed by atoms with van der Waals surface area (Å²) in [4.78, 5) is 0. The van der Waals surface area contributed by atoms with Gasteiger partial charge in [0.2, 0.25) is 5.89 Å². The van der Waals surface area contributed by atoms with Crippen LogP contribution in [0.2, 0.25) is 0 Å².